The van der Waals surface area contributed by atoms with Crippen molar-refractivity contribution in [1.82, 2.24) is 0 Å². The summed E-state index contributed by atoms with van der Waals surface area (Å²) in [5, 5.41) is 12.8. The van der Waals surface area contributed by atoms with E-state index >= 15 is 19.2 Å². The second-order valence-corrected chi connectivity index (χ2v) is 46.9. The van der Waals surface area contributed by atoms with Crippen LogP contribution in [0.25, 0.3) is 144 Å². The number of aryl methyl sites for hydroxylation is 2. The van der Waals surface area contributed by atoms with E-state index in [-0.39, 0.29) is 69.0 Å². The van der Waals surface area contributed by atoms with Crippen LogP contribution in [0.3, 0.4) is 0 Å². The maximum Gasteiger partial charge on any atom is 0.266 e. The monoisotopic (exact) mass is 1880 g/mol. The molecule has 0 fully saturated rings. The minimum atomic E-state index is -0.400. The summed E-state index contributed by atoms with van der Waals surface area (Å²) in [7, 11) is 0. The second kappa shape index (κ2) is 31.6. The lowest BCUT2D eigenvalue weighted by Gasteiger charge is -2.42. The van der Waals surface area contributed by atoms with Crippen LogP contribution in [0.4, 0.5) is 11.4 Å². The molecule has 0 saturated carbocycles. The molecule has 0 atom stereocenters. The highest BCUT2D eigenvalue weighted by atomic mass is 16.5. The predicted octanol–water partition coefficient (Wildman–Crippen LogP) is 36.1. The molecule has 17 aromatic carbocycles. The zero-order valence-electron chi connectivity index (χ0n) is 86.0. The zero-order valence-corrected chi connectivity index (χ0v) is 86.0. The number of hydrogen-bond acceptors (Lipinski definition) is 8. The molecule has 0 saturated heterocycles. The maximum atomic E-state index is 16.3. The van der Waals surface area contributed by atoms with Crippen molar-refractivity contribution in [1.29, 1.82) is 0 Å². The molecule has 2 aliphatic heterocycles. The lowest BCUT2D eigenvalue weighted by Crippen LogP contribution is -2.42. The number of benzene rings is 17. The van der Waals surface area contributed by atoms with Crippen LogP contribution < -0.4 is 28.7 Å². The lowest BCUT2D eigenvalue weighted by molar-refractivity contribution is 0.0877. The van der Waals surface area contributed by atoms with Crippen molar-refractivity contribution < 1.29 is 38.1 Å². The van der Waals surface area contributed by atoms with Crippen molar-refractivity contribution in [3.8, 4) is 68.2 Å². The van der Waals surface area contributed by atoms with E-state index in [4.69, 9.17) is 18.9 Å². The molecule has 0 unspecified atom stereocenters. The Morgan fingerprint density at radius 3 is 0.812 bits per heavy atom. The molecular formula is C134H116N2O8. The Kier molecular flexibility index (Phi) is 19.8. The van der Waals surface area contributed by atoms with Crippen LogP contribution in [0, 0.1) is 25.7 Å². The smallest absolute Gasteiger partial charge is 0.266 e. The minimum absolute atomic E-state index is 0.0102. The van der Waals surface area contributed by atoms with Gasteiger partial charge in [0.15, 0.2) is 0 Å². The molecule has 0 spiro atoms. The topological polar surface area (TPSA) is 112 Å². The number of rotatable bonds is 14. The number of nitrogens with zero attached hydrogens (tertiary/aromatic N) is 2. The first-order valence-corrected chi connectivity index (χ1v) is 51.3. The van der Waals surface area contributed by atoms with Gasteiger partial charge in [0.25, 0.3) is 23.6 Å². The van der Waals surface area contributed by atoms with Gasteiger partial charge in [0.2, 0.25) is 0 Å². The Hall–Kier alpha value is -15.3. The van der Waals surface area contributed by atoms with E-state index < -0.39 is 11.8 Å². The average molecular weight is 1880 g/mol. The predicted molar refractivity (Wildman–Crippen MR) is 596 cm³/mol. The summed E-state index contributed by atoms with van der Waals surface area (Å²) in [6, 6.07) is 77.6. The van der Waals surface area contributed by atoms with Crippen LogP contribution in [0.2, 0.25) is 0 Å². The fourth-order valence-corrected chi connectivity index (χ4v) is 24.7. The van der Waals surface area contributed by atoms with E-state index in [1.165, 1.54) is 43.2 Å². The van der Waals surface area contributed by atoms with Crippen molar-refractivity contribution in [2.24, 2.45) is 11.8 Å². The first-order chi connectivity index (χ1) is 68.7. The molecule has 144 heavy (non-hydrogen) atoms. The second-order valence-electron chi connectivity index (χ2n) is 46.9. The number of allylic oxidation sites excluding steroid dienone is 8. The number of carbonyl (C=O) groups is 4. The molecule has 0 bridgehead atoms. The van der Waals surface area contributed by atoms with Crippen molar-refractivity contribution >= 4 is 157 Å². The molecule has 8 aliphatic rings. The van der Waals surface area contributed by atoms with Crippen LogP contribution in [0.15, 0.2) is 243 Å². The van der Waals surface area contributed by atoms with Crippen molar-refractivity contribution in [2.45, 2.75) is 198 Å². The van der Waals surface area contributed by atoms with Gasteiger partial charge in [0.05, 0.1) is 33.6 Å². The molecule has 17 aromatic rings. The van der Waals surface area contributed by atoms with E-state index in [2.05, 4.69) is 347 Å². The highest BCUT2D eigenvalue weighted by molar-refractivity contribution is 6.46. The van der Waals surface area contributed by atoms with Gasteiger partial charge < -0.3 is 18.9 Å². The number of anilines is 2. The number of ether oxygens (including phenoxy) is 4. The first-order valence-electron chi connectivity index (χ1n) is 51.3. The molecule has 710 valence electrons. The molecule has 0 N–H and O–H groups in total. The Morgan fingerprint density at radius 2 is 0.514 bits per heavy atom. The van der Waals surface area contributed by atoms with Gasteiger partial charge in [-0.25, -0.2) is 9.80 Å². The third kappa shape index (κ3) is 13.7. The fourth-order valence-electron chi connectivity index (χ4n) is 24.7. The van der Waals surface area contributed by atoms with Crippen LogP contribution in [-0.2, 0) is 21.7 Å². The summed E-state index contributed by atoms with van der Waals surface area (Å²) in [5.41, 5.74) is 30.5. The van der Waals surface area contributed by atoms with Gasteiger partial charge in [-0.3, -0.25) is 19.2 Å². The molecule has 2 heterocycles. The quantitative estimate of drug-likeness (QED) is 0.0601. The van der Waals surface area contributed by atoms with Crippen LogP contribution in [0.1, 0.15) is 304 Å². The number of imide groups is 2. The van der Waals surface area contributed by atoms with E-state index in [1.807, 2.05) is 72.8 Å². The zero-order chi connectivity index (χ0) is 100. The van der Waals surface area contributed by atoms with Crippen molar-refractivity contribution in [3.63, 3.8) is 0 Å². The Labute approximate surface area is 842 Å². The van der Waals surface area contributed by atoms with Gasteiger partial charge in [-0.1, -0.05) is 295 Å². The molecule has 25 rings (SSSR count). The molecular weight excluding hydrogens is 1770 g/mol. The van der Waals surface area contributed by atoms with E-state index in [9.17, 15) is 0 Å². The van der Waals surface area contributed by atoms with E-state index in [0.29, 0.717) is 90.4 Å². The Balaban J connectivity index is 0.618. The summed E-state index contributed by atoms with van der Waals surface area (Å²) in [5.74, 6) is 2.62. The molecule has 10 heteroatoms. The standard InChI is InChI=1S/C134H116N2O8/c1-67(2)97-51-71(9)52-98(68(3)4)125(97)135-127(137)105-63-109(141-85-35-27-81(28-36-85)131(11,12)13)119-93-47-43-89-101-59-77-55-73-23-25-75-57-79-61-103-91-45-49-95-116-96(50-46-92(114(91)116)104(103)62-80(79)58-76(75)26-24-74(73)56-78(77)60-102(101)90-44-48-94(115(93)113(89)90)120-110(64-106(128(135)138)117(105)123(119)120)142-86-37-29-82(30-38-86)132(14,15)16)122-112(144-88-41-33-84(34-42-88)134(20,21)22)66-108-118-107(65-111(121(95)124(118)122)143-87-39-31-83(32-40-87)133(17,18)19)129(139)136(130(108)140)126-99(69(5)6)53-72(10)54-100(126)70(7)8/h23-70,113,115H,1-22H3. The number of fused-ring (bicyclic) bond motifs is 14. The molecule has 0 radical (unpaired) electrons. The van der Waals surface area contributed by atoms with Gasteiger partial charge in [-0.15, -0.1) is 0 Å². The van der Waals surface area contributed by atoms with Gasteiger partial charge in [-0.2, -0.15) is 0 Å². The van der Waals surface area contributed by atoms with Crippen LogP contribution >= 0.6 is 0 Å². The highest BCUT2D eigenvalue weighted by Gasteiger charge is 2.52. The normalized spacial score (nSPS) is 16.0. The van der Waals surface area contributed by atoms with Gasteiger partial charge >= 0.3 is 0 Å². The number of carbonyl (C=O) groups excluding carboxylic acids is 4. The maximum absolute atomic E-state index is 16.3. The summed E-state index contributed by atoms with van der Waals surface area (Å²) in [6.07, 6.45) is 18.4. The number of hydrogen-bond donors (Lipinski definition) is 0. The third-order valence-corrected chi connectivity index (χ3v) is 32.0. The largest absolute Gasteiger partial charge is 0.457 e. The average Bonchev–Trinajstić information content (AvgIpc) is 1.27. The fraction of sp³-hybridized carbons (Fsp3) is 0.239. The molecule has 4 amide bonds. The minimum Gasteiger partial charge on any atom is -0.457 e. The Morgan fingerprint density at radius 1 is 0.250 bits per heavy atom. The highest BCUT2D eigenvalue weighted by Crippen LogP contribution is 2.67. The summed E-state index contributed by atoms with van der Waals surface area (Å²) < 4.78 is 29.6. The van der Waals surface area contributed by atoms with Crippen molar-refractivity contribution in [3.05, 3.63) is 365 Å². The lowest BCUT2D eigenvalue weighted by atomic mass is 9.62. The van der Waals surface area contributed by atoms with Gasteiger partial charge in [0, 0.05) is 55.3 Å². The Bertz CT molecular complexity index is 8420. The van der Waals surface area contributed by atoms with E-state index in [1.54, 1.807) is 0 Å². The summed E-state index contributed by atoms with van der Waals surface area (Å²) in [4.78, 5) is 68.3. The van der Waals surface area contributed by atoms with Crippen molar-refractivity contribution in [2.75, 3.05) is 9.80 Å². The molecule has 6 aliphatic carbocycles. The molecule has 10 nitrogen and oxygen atoms in total. The van der Waals surface area contributed by atoms with Gasteiger partial charge in [-0.05, 0) is 346 Å². The van der Waals surface area contributed by atoms with Crippen LogP contribution in [-0.4, -0.2) is 23.6 Å². The molecule has 0 aromatic heterocycles. The van der Waals surface area contributed by atoms with E-state index in [0.717, 1.165) is 176 Å². The number of amides is 4. The first kappa shape index (κ1) is 90.0. The summed E-state index contributed by atoms with van der Waals surface area (Å²) in [6.45, 7) is 47.8. The third-order valence-electron chi connectivity index (χ3n) is 32.0. The van der Waals surface area contributed by atoms with Crippen LogP contribution in [0.5, 0.6) is 46.0 Å². The SMILES string of the molecule is Cc1cc(C(C)C)c(N2C(=O)c3cc(Oc4ccc(C(C)(C)C)cc4)c4c5c(c(Oc6ccc(C(C)(C)C)cc6)cc(c35)C2=O)C2=CC=C3c5cc6cc7c(cc6cc5C5=CC=C4C2C53)C=Cc2cc3cc4c(cc3cc2C=C7)-c2ccc3c5c(Oc6ccc(C(C)(C)C)cc6)cc6c7c(cc(Oc8ccc(C(C)(C)C)cc8)c(c8ccc-4c2c83)c75)C(=O)N(c2c(C(C)C)cc(C)cc2C(C)C)C6=O)c(C(C)C)c1. The van der Waals surface area contributed by atoms with Gasteiger partial charge in [0.1, 0.15) is 46.0 Å². The summed E-state index contributed by atoms with van der Waals surface area (Å²) >= 11 is 0.